The van der Waals surface area contributed by atoms with E-state index in [9.17, 15) is 18.4 Å². The summed E-state index contributed by atoms with van der Waals surface area (Å²) >= 11 is 0. The molecule has 1 atom stereocenters. The van der Waals surface area contributed by atoms with Gasteiger partial charge in [0.15, 0.2) is 6.04 Å². The minimum Gasteiger partial charge on any atom is -0.480 e. The summed E-state index contributed by atoms with van der Waals surface area (Å²) in [6, 6.07) is 2.92. The molecule has 9 heteroatoms. The van der Waals surface area contributed by atoms with Gasteiger partial charge in [0.25, 0.3) is 0 Å². The first-order chi connectivity index (χ1) is 9.43. The van der Waals surface area contributed by atoms with Crippen LogP contribution in [0.15, 0.2) is 24.3 Å². The van der Waals surface area contributed by atoms with Gasteiger partial charge in [-0.25, -0.2) is 9.59 Å². The van der Waals surface area contributed by atoms with Gasteiger partial charge in [-0.2, -0.15) is 8.78 Å². The fourth-order valence-corrected chi connectivity index (χ4v) is 1.27. The Balaban J connectivity index is 2.73. The van der Waals surface area contributed by atoms with Crippen molar-refractivity contribution in [3.63, 3.8) is 0 Å². The summed E-state index contributed by atoms with van der Waals surface area (Å²) in [7, 11) is 0. The number of hydrogen-bond donors (Lipinski definition) is 4. The number of hydrogen-bond acceptors (Lipinski definition) is 4. The molecule has 0 saturated carbocycles. The van der Waals surface area contributed by atoms with Crippen LogP contribution in [0.4, 0.5) is 19.3 Å². The molecule has 110 valence electrons. The van der Waals surface area contributed by atoms with Crippen LogP contribution in [-0.2, 0) is 4.79 Å². The smallest absolute Gasteiger partial charge is 0.387 e. The standard InChI is InChI=1S/C11H12F2N2O5/c12-10(13)20-8-4-2-1-3-6(8)14-11(19)15-7(5-16)9(17)18/h1-4,7,10,16H,5H2,(H,17,18)(H2,14,15,19). The average Bonchev–Trinajstić information content (AvgIpc) is 2.37. The van der Waals surface area contributed by atoms with Gasteiger partial charge in [0, 0.05) is 0 Å². The van der Waals surface area contributed by atoms with E-state index >= 15 is 0 Å². The van der Waals surface area contributed by atoms with Crippen LogP contribution in [0.3, 0.4) is 0 Å². The van der Waals surface area contributed by atoms with Gasteiger partial charge in [0.1, 0.15) is 5.75 Å². The Morgan fingerprint density at radius 2 is 1.95 bits per heavy atom. The number of carboxylic acids is 1. The number of alkyl halides is 2. The van der Waals surface area contributed by atoms with Crippen molar-refractivity contribution in [2.45, 2.75) is 12.7 Å². The number of aliphatic hydroxyl groups is 1. The second-order valence-electron chi connectivity index (χ2n) is 3.55. The maximum Gasteiger partial charge on any atom is 0.387 e. The molecular formula is C11H12F2N2O5. The Kier molecular flexibility index (Phi) is 5.66. The average molecular weight is 290 g/mol. The largest absolute Gasteiger partial charge is 0.480 e. The number of carbonyl (C=O) groups excluding carboxylic acids is 1. The molecule has 2 amide bonds. The third-order valence-electron chi connectivity index (χ3n) is 2.14. The van der Waals surface area contributed by atoms with Gasteiger partial charge in [0.2, 0.25) is 0 Å². The van der Waals surface area contributed by atoms with Gasteiger partial charge in [-0.1, -0.05) is 12.1 Å². The van der Waals surface area contributed by atoms with Crippen molar-refractivity contribution < 1.29 is 33.3 Å². The number of carboxylic acid groups (broad SMARTS) is 1. The number of aliphatic hydroxyl groups excluding tert-OH is 1. The topological polar surface area (TPSA) is 108 Å². The van der Waals surface area contributed by atoms with E-state index in [0.29, 0.717) is 0 Å². The van der Waals surface area contributed by atoms with Crippen molar-refractivity contribution in [1.82, 2.24) is 5.32 Å². The molecule has 7 nitrogen and oxygen atoms in total. The Hall–Kier alpha value is -2.42. The second kappa shape index (κ2) is 7.24. The van der Waals surface area contributed by atoms with Gasteiger partial charge in [-0.05, 0) is 12.1 Å². The van der Waals surface area contributed by atoms with E-state index in [-0.39, 0.29) is 11.4 Å². The third-order valence-corrected chi connectivity index (χ3v) is 2.14. The highest BCUT2D eigenvalue weighted by molar-refractivity contribution is 5.93. The molecule has 0 spiro atoms. The molecule has 0 aromatic heterocycles. The predicted octanol–water partition coefficient (Wildman–Crippen LogP) is 0.855. The molecule has 0 saturated heterocycles. The first-order valence-corrected chi connectivity index (χ1v) is 5.39. The molecule has 0 bridgehead atoms. The van der Waals surface area contributed by atoms with Crippen molar-refractivity contribution in [2.24, 2.45) is 0 Å². The van der Waals surface area contributed by atoms with Gasteiger partial charge in [-0.15, -0.1) is 0 Å². The van der Waals surface area contributed by atoms with Crippen LogP contribution in [0, 0.1) is 0 Å². The van der Waals surface area contributed by atoms with Gasteiger partial charge >= 0.3 is 18.6 Å². The lowest BCUT2D eigenvalue weighted by Gasteiger charge is -2.14. The maximum atomic E-state index is 12.1. The Bertz CT molecular complexity index is 484. The molecule has 0 aliphatic rings. The summed E-state index contributed by atoms with van der Waals surface area (Å²) in [6.07, 6.45) is 0. The number of para-hydroxylation sites is 2. The summed E-state index contributed by atoms with van der Waals surface area (Å²) in [5.41, 5.74) is -0.0626. The number of anilines is 1. The van der Waals surface area contributed by atoms with Crippen LogP contribution < -0.4 is 15.4 Å². The monoisotopic (exact) mass is 290 g/mol. The second-order valence-corrected chi connectivity index (χ2v) is 3.55. The number of benzene rings is 1. The highest BCUT2D eigenvalue weighted by Gasteiger charge is 2.19. The maximum absolute atomic E-state index is 12.1. The Labute approximate surface area is 112 Å². The summed E-state index contributed by atoms with van der Waals surface area (Å²) < 4.78 is 28.5. The molecule has 1 aromatic carbocycles. The van der Waals surface area contributed by atoms with E-state index in [2.05, 4.69) is 10.1 Å². The number of carbonyl (C=O) groups is 2. The van der Waals surface area contributed by atoms with Crippen LogP contribution in [0.5, 0.6) is 5.75 Å². The summed E-state index contributed by atoms with van der Waals surface area (Å²) in [6.45, 7) is -3.87. The molecule has 0 aliphatic carbocycles. The number of halogens is 2. The molecule has 0 fully saturated rings. The molecular weight excluding hydrogens is 278 g/mol. The predicted molar refractivity (Wildman–Crippen MR) is 63.7 cm³/mol. The minimum atomic E-state index is -3.06. The number of nitrogens with one attached hydrogen (secondary N) is 2. The van der Waals surface area contributed by atoms with Crippen LogP contribution in [0.25, 0.3) is 0 Å². The van der Waals surface area contributed by atoms with Gasteiger partial charge in [-0.3, -0.25) is 0 Å². The van der Waals surface area contributed by atoms with E-state index in [4.69, 9.17) is 10.2 Å². The van der Waals surface area contributed by atoms with E-state index in [1.54, 1.807) is 0 Å². The molecule has 1 aromatic rings. The van der Waals surface area contributed by atoms with Crippen LogP contribution in [-0.4, -0.2) is 41.5 Å². The van der Waals surface area contributed by atoms with Crippen molar-refractivity contribution in [3.8, 4) is 5.75 Å². The lowest BCUT2D eigenvalue weighted by molar-refractivity contribution is -0.140. The number of urea groups is 1. The van der Waals surface area contributed by atoms with E-state index in [1.165, 1.54) is 24.3 Å². The fourth-order valence-electron chi connectivity index (χ4n) is 1.27. The quantitative estimate of drug-likeness (QED) is 0.621. The Morgan fingerprint density at radius 1 is 1.30 bits per heavy atom. The first kappa shape index (κ1) is 15.6. The lowest BCUT2D eigenvalue weighted by atomic mass is 10.3. The molecule has 0 radical (unpaired) electrons. The zero-order valence-corrected chi connectivity index (χ0v) is 10.0. The van der Waals surface area contributed by atoms with Gasteiger partial charge < -0.3 is 25.6 Å². The zero-order chi connectivity index (χ0) is 15.1. The fraction of sp³-hybridized carbons (Fsp3) is 0.273. The number of aliphatic carboxylic acids is 1. The Morgan fingerprint density at radius 3 is 2.50 bits per heavy atom. The SMILES string of the molecule is O=C(Nc1ccccc1OC(F)F)NC(CO)C(=O)O. The highest BCUT2D eigenvalue weighted by atomic mass is 19.3. The lowest BCUT2D eigenvalue weighted by Crippen LogP contribution is -2.45. The van der Waals surface area contributed by atoms with E-state index in [1.807, 2.05) is 5.32 Å². The van der Waals surface area contributed by atoms with E-state index < -0.39 is 31.3 Å². The summed E-state index contributed by atoms with van der Waals surface area (Å²) in [5.74, 6) is -1.70. The molecule has 4 N–H and O–H groups in total. The normalized spacial score (nSPS) is 11.8. The van der Waals surface area contributed by atoms with Crippen molar-refractivity contribution in [2.75, 3.05) is 11.9 Å². The van der Waals surface area contributed by atoms with Crippen LogP contribution >= 0.6 is 0 Å². The molecule has 20 heavy (non-hydrogen) atoms. The highest BCUT2D eigenvalue weighted by Crippen LogP contribution is 2.25. The third kappa shape index (κ3) is 4.69. The van der Waals surface area contributed by atoms with Crippen molar-refractivity contribution in [1.29, 1.82) is 0 Å². The van der Waals surface area contributed by atoms with E-state index in [0.717, 1.165) is 0 Å². The zero-order valence-electron chi connectivity index (χ0n) is 10.0. The minimum absolute atomic E-state index is 0.0626. The first-order valence-electron chi connectivity index (χ1n) is 5.39. The van der Waals surface area contributed by atoms with Crippen molar-refractivity contribution in [3.05, 3.63) is 24.3 Å². The molecule has 1 rings (SSSR count). The van der Waals surface area contributed by atoms with Crippen LogP contribution in [0.1, 0.15) is 0 Å². The number of amides is 2. The van der Waals surface area contributed by atoms with Crippen molar-refractivity contribution >= 4 is 17.7 Å². The van der Waals surface area contributed by atoms with Crippen LogP contribution in [0.2, 0.25) is 0 Å². The number of ether oxygens (including phenoxy) is 1. The number of rotatable bonds is 6. The molecule has 0 aliphatic heterocycles. The molecule has 1 unspecified atom stereocenters. The summed E-state index contributed by atoms with van der Waals surface area (Å²) in [5, 5.41) is 21.5. The summed E-state index contributed by atoms with van der Waals surface area (Å²) in [4.78, 5) is 22.1. The molecule has 0 heterocycles. The van der Waals surface area contributed by atoms with Gasteiger partial charge in [0.05, 0.1) is 12.3 Å².